The van der Waals surface area contributed by atoms with Crippen LogP contribution in [0.25, 0.3) is 0 Å². The minimum atomic E-state index is -0.467. The highest BCUT2D eigenvalue weighted by Gasteiger charge is 2.17. The highest BCUT2D eigenvalue weighted by molar-refractivity contribution is 9.10. The van der Waals surface area contributed by atoms with Gasteiger partial charge in [0.2, 0.25) is 5.95 Å². The van der Waals surface area contributed by atoms with Crippen molar-refractivity contribution < 1.29 is 9.13 Å². The van der Waals surface area contributed by atoms with E-state index in [0.717, 1.165) is 21.8 Å². The van der Waals surface area contributed by atoms with Crippen LogP contribution in [0.3, 0.4) is 0 Å². The highest BCUT2D eigenvalue weighted by Crippen LogP contribution is 2.24. The average Bonchev–Trinajstić information content (AvgIpc) is 2.61. The standard InChI is InChI=1S/C16H16BrClFN5O/c1-10-11(6-12(17)7-13(10)18)8-21-23-16-20-9-14(19)15(22-16)24-2-4-25-5-3-24/h6-9H,2-5H2,1H3,(H,20,22,23)/b21-8+. The lowest BCUT2D eigenvalue weighted by atomic mass is 10.1. The fourth-order valence-electron chi connectivity index (χ4n) is 2.37. The van der Waals surface area contributed by atoms with E-state index in [1.807, 2.05) is 24.0 Å². The molecule has 0 atom stereocenters. The van der Waals surface area contributed by atoms with Crippen LogP contribution in [0.4, 0.5) is 16.2 Å². The molecule has 1 N–H and O–H groups in total. The van der Waals surface area contributed by atoms with Gasteiger partial charge < -0.3 is 9.64 Å². The molecule has 1 fully saturated rings. The van der Waals surface area contributed by atoms with Crippen LogP contribution in [-0.4, -0.2) is 42.5 Å². The molecule has 25 heavy (non-hydrogen) atoms. The zero-order valence-corrected chi connectivity index (χ0v) is 15.8. The Kier molecular flexibility index (Phi) is 5.82. The van der Waals surface area contributed by atoms with Gasteiger partial charge in [0.05, 0.1) is 25.6 Å². The average molecular weight is 429 g/mol. The zero-order chi connectivity index (χ0) is 17.8. The van der Waals surface area contributed by atoms with Gasteiger partial charge in [0.25, 0.3) is 0 Å². The smallest absolute Gasteiger partial charge is 0.245 e. The van der Waals surface area contributed by atoms with E-state index in [1.165, 1.54) is 0 Å². The molecule has 0 bridgehead atoms. The summed E-state index contributed by atoms with van der Waals surface area (Å²) >= 11 is 9.54. The van der Waals surface area contributed by atoms with Crippen LogP contribution in [0.2, 0.25) is 5.02 Å². The van der Waals surface area contributed by atoms with Crippen molar-refractivity contribution in [3.63, 3.8) is 0 Å². The van der Waals surface area contributed by atoms with Crippen LogP contribution in [0.5, 0.6) is 0 Å². The van der Waals surface area contributed by atoms with E-state index in [-0.39, 0.29) is 11.8 Å². The number of nitrogens with one attached hydrogen (secondary N) is 1. The molecule has 6 nitrogen and oxygen atoms in total. The first-order chi connectivity index (χ1) is 12.0. The second-order valence-electron chi connectivity index (χ2n) is 5.44. The van der Waals surface area contributed by atoms with Crippen LogP contribution >= 0.6 is 27.5 Å². The number of rotatable bonds is 4. The van der Waals surface area contributed by atoms with Gasteiger partial charge in [0.1, 0.15) is 0 Å². The Morgan fingerprint density at radius 1 is 1.40 bits per heavy atom. The molecule has 2 heterocycles. The van der Waals surface area contributed by atoms with Gasteiger partial charge in [-0.1, -0.05) is 27.5 Å². The highest BCUT2D eigenvalue weighted by atomic mass is 79.9. The van der Waals surface area contributed by atoms with Gasteiger partial charge in [-0.05, 0) is 24.6 Å². The first-order valence-corrected chi connectivity index (χ1v) is 8.81. The topological polar surface area (TPSA) is 62.6 Å². The Labute approximate surface area is 158 Å². The van der Waals surface area contributed by atoms with Gasteiger partial charge in [-0.3, -0.25) is 0 Å². The minimum Gasteiger partial charge on any atom is -0.378 e. The van der Waals surface area contributed by atoms with Crippen molar-refractivity contribution in [3.05, 3.63) is 44.8 Å². The third-order valence-electron chi connectivity index (χ3n) is 3.75. The third kappa shape index (κ3) is 4.45. The Bertz CT molecular complexity index is 798. The molecule has 0 unspecified atom stereocenters. The van der Waals surface area contributed by atoms with Crippen molar-refractivity contribution in [1.29, 1.82) is 0 Å². The van der Waals surface area contributed by atoms with Gasteiger partial charge in [0.15, 0.2) is 11.6 Å². The van der Waals surface area contributed by atoms with E-state index < -0.39 is 5.82 Å². The third-order valence-corrected chi connectivity index (χ3v) is 4.60. The predicted octanol–water partition coefficient (Wildman–Crippen LogP) is 3.62. The van der Waals surface area contributed by atoms with E-state index in [0.29, 0.717) is 31.3 Å². The molecule has 1 aliphatic heterocycles. The number of hydrogen-bond donors (Lipinski definition) is 1. The lowest BCUT2D eigenvalue weighted by Gasteiger charge is -2.27. The lowest BCUT2D eigenvalue weighted by Crippen LogP contribution is -2.37. The van der Waals surface area contributed by atoms with E-state index in [9.17, 15) is 4.39 Å². The number of aromatic nitrogens is 2. The number of nitrogens with zero attached hydrogens (tertiary/aromatic N) is 4. The van der Waals surface area contributed by atoms with E-state index in [4.69, 9.17) is 16.3 Å². The Hall–Kier alpha value is -1.77. The molecule has 1 aromatic heterocycles. The summed E-state index contributed by atoms with van der Waals surface area (Å²) < 4.78 is 20.1. The van der Waals surface area contributed by atoms with Crippen molar-refractivity contribution >= 4 is 45.5 Å². The summed E-state index contributed by atoms with van der Waals surface area (Å²) in [6.45, 7) is 4.18. The van der Waals surface area contributed by atoms with Crippen molar-refractivity contribution in [2.75, 3.05) is 36.6 Å². The number of hydrazone groups is 1. The number of halogens is 3. The molecule has 132 valence electrons. The molecule has 0 saturated carbocycles. The summed E-state index contributed by atoms with van der Waals surface area (Å²) in [6.07, 6.45) is 2.75. The molecule has 0 amide bonds. The summed E-state index contributed by atoms with van der Waals surface area (Å²) in [6, 6.07) is 3.72. The van der Waals surface area contributed by atoms with Gasteiger partial charge in [0, 0.05) is 28.1 Å². The zero-order valence-electron chi connectivity index (χ0n) is 13.5. The van der Waals surface area contributed by atoms with Crippen LogP contribution in [-0.2, 0) is 4.74 Å². The van der Waals surface area contributed by atoms with E-state index >= 15 is 0 Å². The summed E-state index contributed by atoms with van der Waals surface area (Å²) in [4.78, 5) is 9.95. The largest absolute Gasteiger partial charge is 0.378 e. The van der Waals surface area contributed by atoms with Gasteiger partial charge in [-0.2, -0.15) is 10.1 Å². The molecule has 1 aromatic carbocycles. The van der Waals surface area contributed by atoms with Gasteiger partial charge >= 0.3 is 0 Å². The number of ether oxygens (including phenoxy) is 1. The molecule has 9 heteroatoms. The maximum absolute atomic E-state index is 14.0. The second-order valence-corrected chi connectivity index (χ2v) is 6.76. The van der Waals surface area contributed by atoms with Crippen LogP contribution in [0.1, 0.15) is 11.1 Å². The summed E-state index contributed by atoms with van der Waals surface area (Å²) in [5.74, 6) is 0.00150. The predicted molar refractivity (Wildman–Crippen MR) is 100 cm³/mol. The molecule has 0 spiro atoms. The van der Waals surface area contributed by atoms with Crippen LogP contribution in [0, 0.1) is 12.7 Å². The first-order valence-electron chi connectivity index (χ1n) is 7.64. The van der Waals surface area contributed by atoms with Gasteiger partial charge in [-0.15, -0.1) is 0 Å². The molecular weight excluding hydrogens is 413 g/mol. The van der Waals surface area contributed by atoms with Crippen LogP contribution in [0.15, 0.2) is 27.9 Å². The van der Waals surface area contributed by atoms with Crippen molar-refractivity contribution in [2.24, 2.45) is 5.10 Å². The Morgan fingerprint density at radius 3 is 2.92 bits per heavy atom. The summed E-state index contributed by atoms with van der Waals surface area (Å²) in [5.41, 5.74) is 4.49. The van der Waals surface area contributed by atoms with Crippen molar-refractivity contribution in [3.8, 4) is 0 Å². The number of morpholine rings is 1. The minimum absolute atomic E-state index is 0.220. The number of hydrogen-bond acceptors (Lipinski definition) is 6. The molecule has 1 saturated heterocycles. The molecule has 1 aliphatic rings. The van der Waals surface area contributed by atoms with Crippen molar-refractivity contribution in [2.45, 2.75) is 6.92 Å². The second kappa shape index (κ2) is 8.07. The Morgan fingerprint density at radius 2 is 2.16 bits per heavy atom. The monoisotopic (exact) mass is 427 g/mol. The quantitative estimate of drug-likeness (QED) is 0.595. The van der Waals surface area contributed by atoms with Gasteiger partial charge in [-0.25, -0.2) is 14.8 Å². The Balaban J connectivity index is 1.75. The maximum atomic E-state index is 14.0. The van der Waals surface area contributed by atoms with Crippen molar-refractivity contribution in [1.82, 2.24) is 9.97 Å². The SMILES string of the molecule is Cc1c(Cl)cc(Br)cc1/C=N/Nc1ncc(F)c(N2CCOCC2)n1. The molecular formula is C16H16BrClFN5O. The van der Waals surface area contributed by atoms with E-state index in [1.54, 1.807) is 6.21 Å². The summed E-state index contributed by atoms with van der Waals surface area (Å²) in [5, 5.41) is 4.77. The fourth-order valence-corrected chi connectivity index (χ4v) is 3.20. The molecule has 0 radical (unpaired) electrons. The fraction of sp³-hybridized carbons (Fsp3) is 0.312. The normalized spacial score (nSPS) is 15.0. The first kappa shape index (κ1) is 18.0. The lowest BCUT2D eigenvalue weighted by molar-refractivity contribution is 0.122. The molecule has 0 aliphatic carbocycles. The molecule has 3 rings (SSSR count). The number of anilines is 2. The summed E-state index contributed by atoms with van der Waals surface area (Å²) in [7, 11) is 0. The van der Waals surface area contributed by atoms with E-state index in [2.05, 4.69) is 36.4 Å². The number of benzene rings is 1. The maximum Gasteiger partial charge on any atom is 0.245 e. The van der Waals surface area contributed by atoms with Crippen LogP contribution < -0.4 is 10.3 Å². The molecule has 2 aromatic rings.